The van der Waals surface area contributed by atoms with E-state index in [0.717, 1.165) is 19.4 Å². The molecule has 0 atom stereocenters. The molecule has 1 fully saturated rings. The van der Waals surface area contributed by atoms with Gasteiger partial charge in [0.05, 0.1) is 0 Å². The molecule has 0 aromatic rings. The molecule has 2 N–H and O–H groups in total. The summed E-state index contributed by atoms with van der Waals surface area (Å²) in [6, 6.07) is 0.511. The zero-order valence-corrected chi connectivity index (χ0v) is 10.9. The third-order valence-electron chi connectivity index (χ3n) is 3.53. The maximum atomic E-state index is 11.7. The van der Waals surface area contributed by atoms with Crippen LogP contribution in [0.15, 0.2) is 0 Å². The van der Waals surface area contributed by atoms with E-state index in [4.69, 9.17) is 0 Å². The Hall–Kier alpha value is -0.570. The van der Waals surface area contributed by atoms with Crippen LogP contribution in [0.1, 0.15) is 59.3 Å². The molecule has 1 aliphatic rings. The van der Waals surface area contributed by atoms with Gasteiger partial charge in [-0.05, 0) is 38.6 Å². The first kappa shape index (κ1) is 13.5. The summed E-state index contributed by atoms with van der Waals surface area (Å²) in [6.07, 6.45) is 6.26. The van der Waals surface area contributed by atoms with E-state index in [-0.39, 0.29) is 11.4 Å². The van der Waals surface area contributed by atoms with Crippen LogP contribution in [-0.4, -0.2) is 24.0 Å². The molecule has 0 radical (unpaired) electrons. The van der Waals surface area contributed by atoms with Gasteiger partial charge in [0.25, 0.3) is 0 Å². The van der Waals surface area contributed by atoms with Crippen molar-refractivity contribution < 1.29 is 4.79 Å². The maximum Gasteiger partial charge on any atom is 0.220 e. The Balaban J connectivity index is 2.11. The van der Waals surface area contributed by atoms with Crippen molar-refractivity contribution in [1.82, 2.24) is 10.6 Å². The highest BCUT2D eigenvalue weighted by molar-refractivity contribution is 5.76. The number of nitrogens with one attached hydrogen (secondary N) is 2. The zero-order valence-electron chi connectivity index (χ0n) is 10.9. The lowest BCUT2D eigenvalue weighted by Crippen LogP contribution is -2.53. The van der Waals surface area contributed by atoms with Crippen LogP contribution in [0, 0.1) is 0 Å². The third-order valence-corrected chi connectivity index (χ3v) is 3.53. The number of amides is 1. The van der Waals surface area contributed by atoms with Crippen LogP contribution in [0.4, 0.5) is 0 Å². The second-order valence-corrected chi connectivity index (χ2v) is 5.25. The van der Waals surface area contributed by atoms with E-state index in [2.05, 4.69) is 31.4 Å². The Bertz CT molecular complexity index is 216. The highest BCUT2D eigenvalue weighted by Crippen LogP contribution is 2.34. The normalized spacial score (nSPS) is 18.2. The van der Waals surface area contributed by atoms with Crippen LogP contribution in [-0.2, 0) is 4.79 Å². The lowest BCUT2D eigenvalue weighted by Gasteiger charge is -2.42. The average molecular weight is 226 g/mol. The number of carbonyl (C=O) groups is 1. The van der Waals surface area contributed by atoms with E-state index < -0.39 is 0 Å². The molecule has 0 spiro atoms. The molecule has 1 aliphatic carbocycles. The van der Waals surface area contributed by atoms with E-state index in [9.17, 15) is 4.79 Å². The SMILES string of the molecule is CCC1(NC(=O)CCCNC(C)C)CCC1. The Morgan fingerprint density at radius 3 is 2.50 bits per heavy atom. The summed E-state index contributed by atoms with van der Waals surface area (Å²) < 4.78 is 0. The average Bonchev–Trinajstić information content (AvgIpc) is 2.18. The largest absolute Gasteiger partial charge is 0.351 e. The van der Waals surface area contributed by atoms with E-state index in [0.29, 0.717) is 12.5 Å². The fourth-order valence-corrected chi connectivity index (χ4v) is 2.17. The first-order chi connectivity index (χ1) is 7.58. The molecule has 0 bridgehead atoms. The molecule has 3 heteroatoms. The van der Waals surface area contributed by atoms with Crippen LogP contribution in [0.3, 0.4) is 0 Å². The zero-order chi connectivity index (χ0) is 12.0. The first-order valence-electron chi connectivity index (χ1n) is 6.62. The van der Waals surface area contributed by atoms with Crippen LogP contribution < -0.4 is 10.6 Å². The van der Waals surface area contributed by atoms with Crippen molar-refractivity contribution in [2.45, 2.75) is 70.9 Å². The molecule has 0 heterocycles. The maximum absolute atomic E-state index is 11.7. The van der Waals surface area contributed by atoms with E-state index in [1.165, 1.54) is 19.3 Å². The van der Waals surface area contributed by atoms with Crippen molar-refractivity contribution >= 4 is 5.91 Å². The minimum absolute atomic E-state index is 0.155. The van der Waals surface area contributed by atoms with Gasteiger partial charge in [-0.1, -0.05) is 20.8 Å². The van der Waals surface area contributed by atoms with E-state index >= 15 is 0 Å². The van der Waals surface area contributed by atoms with Gasteiger partial charge < -0.3 is 10.6 Å². The lowest BCUT2D eigenvalue weighted by atomic mass is 9.75. The highest BCUT2D eigenvalue weighted by atomic mass is 16.1. The van der Waals surface area contributed by atoms with Crippen LogP contribution >= 0.6 is 0 Å². The fourth-order valence-electron chi connectivity index (χ4n) is 2.17. The fraction of sp³-hybridized carbons (Fsp3) is 0.923. The number of carbonyl (C=O) groups excluding carboxylic acids is 1. The van der Waals surface area contributed by atoms with E-state index in [1.807, 2.05) is 0 Å². The van der Waals surface area contributed by atoms with Crippen molar-refractivity contribution in [3.63, 3.8) is 0 Å². The molecule has 1 amide bonds. The van der Waals surface area contributed by atoms with Gasteiger partial charge in [-0.2, -0.15) is 0 Å². The molecule has 0 saturated heterocycles. The van der Waals surface area contributed by atoms with Crippen molar-refractivity contribution in [1.29, 1.82) is 0 Å². The molecule has 0 unspecified atom stereocenters. The van der Waals surface area contributed by atoms with Crippen molar-refractivity contribution in [2.24, 2.45) is 0 Å². The second-order valence-electron chi connectivity index (χ2n) is 5.25. The van der Waals surface area contributed by atoms with Crippen molar-refractivity contribution in [3.05, 3.63) is 0 Å². The van der Waals surface area contributed by atoms with Gasteiger partial charge in [0, 0.05) is 18.0 Å². The summed E-state index contributed by atoms with van der Waals surface area (Å²) in [5.74, 6) is 0.229. The van der Waals surface area contributed by atoms with Gasteiger partial charge in [-0.3, -0.25) is 4.79 Å². The predicted octanol–water partition coefficient (Wildman–Crippen LogP) is 2.21. The molecule has 1 saturated carbocycles. The summed E-state index contributed by atoms with van der Waals surface area (Å²) in [5, 5.41) is 6.53. The summed E-state index contributed by atoms with van der Waals surface area (Å²) >= 11 is 0. The summed E-state index contributed by atoms with van der Waals surface area (Å²) in [5.41, 5.74) is 0.155. The number of hydrogen-bond acceptors (Lipinski definition) is 2. The third kappa shape index (κ3) is 4.12. The monoisotopic (exact) mass is 226 g/mol. The predicted molar refractivity (Wildman–Crippen MR) is 67.4 cm³/mol. The van der Waals surface area contributed by atoms with Gasteiger partial charge in [0.1, 0.15) is 0 Å². The van der Waals surface area contributed by atoms with Crippen LogP contribution in [0.25, 0.3) is 0 Å². The molecule has 0 aromatic carbocycles. The number of hydrogen-bond donors (Lipinski definition) is 2. The Kier molecular flexibility index (Phi) is 5.26. The quantitative estimate of drug-likeness (QED) is 0.654. The molecular weight excluding hydrogens is 200 g/mol. The van der Waals surface area contributed by atoms with Gasteiger partial charge in [-0.15, -0.1) is 0 Å². The minimum Gasteiger partial charge on any atom is -0.351 e. The van der Waals surface area contributed by atoms with Crippen LogP contribution in [0.5, 0.6) is 0 Å². The summed E-state index contributed by atoms with van der Waals surface area (Å²) in [4.78, 5) is 11.7. The van der Waals surface area contributed by atoms with E-state index in [1.54, 1.807) is 0 Å². The summed E-state index contributed by atoms with van der Waals surface area (Å²) in [6.45, 7) is 7.35. The highest BCUT2D eigenvalue weighted by Gasteiger charge is 2.35. The van der Waals surface area contributed by atoms with Gasteiger partial charge in [0.15, 0.2) is 0 Å². The molecule has 16 heavy (non-hydrogen) atoms. The molecular formula is C13H26N2O. The lowest BCUT2D eigenvalue weighted by molar-refractivity contribution is -0.124. The Morgan fingerprint density at radius 2 is 2.06 bits per heavy atom. The molecule has 1 rings (SSSR count). The minimum atomic E-state index is 0.155. The summed E-state index contributed by atoms with van der Waals surface area (Å²) in [7, 11) is 0. The van der Waals surface area contributed by atoms with Gasteiger partial charge in [-0.25, -0.2) is 0 Å². The second kappa shape index (κ2) is 6.24. The standard InChI is InChI=1S/C13H26N2O/c1-4-13(8-6-9-13)15-12(16)7-5-10-14-11(2)3/h11,14H,4-10H2,1-3H3,(H,15,16). The molecule has 0 aliphatic heterocycles. The smallest absolute Gasteiger partial charge is 0.220 e. The molecule has 0 aromatic heterocycles. The van der Waals surface area contributed by atoms with Crippen molar-refractivity contribution in [3.8, 4) is 0 Å². The molecule has 94 valence electrons. The molecule has 3 nitrogen and oxygen atoms in total. The Labute approximate surface area is 99.4 Å². The number of rotatable bonds is 7. The topological polar surface area (TPSA) is 41.1 Å². The van der Waals surface area contributed by atoms with Gasteiger partial charge >= 0.3 is 0 Å². The first-order valence-corrected chi connectivity index (χ1v) is 6.62. The van der Waals surface area contributed by atoms with Gasteiger partial charge in [0.2, 0.25) is 5.91 Å². The van der Waals surface area contributed by atoms with Crippen LogP contribution in [0.2, 0.25) is 0 Å². The Morgan fingerprint density at radius 1 is 1.38 bits per heavy atom. The van der Waals surface area contributed by atoms with Crippen molar-refractivity contribution in [2.75, 3.05) is 6.54 Å².